The van der Waals surface area contributed by atoms with E-state index in [-0.39, 0.29) is 0 Å². The Bertz CT molecular complexity index is 2390. The van der Waals surface area contributed by atoms with E-state index >= 15 is 0 Å². The van der Waals surface area contributed by atoms with Crippen LogP contribution in [0, 0.1) is 0 Å². The van der Waals surface area contributed by atoms with Gasteiger partial charge < -0.3 is 8.98 Å². The number of hydrogen-bond acceptors (Lipinski definition) is 1. The minimum atomic E-state index is 0.925. The summed E-state index contributed by atoms with van der Waals surface area (Å²) >= 11 is 0. The van der Waals surface area contributed by atoms with Gasteiger partial charge in [-0.3, -0.25) is 0 Å². The quantitative estimate of drug-likeness (QED) is 0.220. The summed E-state index contributed by atoms with van der Waals surface area (Å²) in [6, 6.07) is 54.3. The highest BCUT2D eigenvalue weighted by Gasteiger charge is 2.18. The van der Waals surface area contributed by atoms with Crippen LogP contribution in [0.4, 0.5) is 0 Å². The lowest BCUT2D eigenvalue weighted by Gasteiger charge is -2.14. The Labute approximate surface area is 242 Å². The van der Waals surface area contributed by atoms with Gasteiger partial charge >= 0.3 is 0 Å². The lowest BCUT2D eigenvalue weighted by molar-refractivity contribution is 0.672. The molecule has 2 aromatic heterocycles. The van der Waals surface area contributed by atoms with Crippen LogP contribution < -0.4 is 0 Å². The fourth-order valence-electron chi connectivity index (χ4n) is 6.67. The third-order valence-electron chi connectivity index (χ3n) is 8.56. The third kappa shape index (κ3) is 3.39. The molecular formula is C40H25NO. The maximum absolute atomic E-state index is 6.44. The second kappa shape index (κ2) is 8.95. The van der Waals surface area contributed by atoms with Crippen molar-refractivity contribution in [1.82, 2.24) is 4.57 Å². The van der Waals surface area contributed by atoms with Crippen LogP contribution in [0.25, 0.3) is 82.5 Å². The molecule has 2 nitrogen and oxygen atoms in total. The topological polar surface area (TPSA) is 18.1 Å². The van der Waals surface area contributed by atoms with Crippen molar-refractivity contribution >= 4 is 54.5 Å². The Morgan fingerprint density at radius 2 is 0.952 bits per heavy atom. The van der Waals surface area contributed by atoms with Crippen molar-refractivity contribution in [3.8, 4) is 27.9 Å². The lowest BCUT2D eigenvalue weighted by atomic mass is 9.98. The van der Waals surface area contributed by atoms with Crippen LogP contribution in [0.5, 0.6) is 0 Å². The highest BCUT2D eigenvalue weighted by molar-refractivity contribution is 6.26. The molecule has 7 aromatic carbocycles. The summed E-state index contributed by atoms with van der Waals surface area (Å²) in [6.07, 6.45) is 0. The molecule has 0 unspecified atom stereocenters. The van der Waals surface area contributed by atoms with E-state index in [0.29, 0.717) is 0 Å². The number of rotatable bonds is 3. The molecule has 0 spiro atoms. The zero-order valence-electron chi connectivity index (χ0n) is 22.8. The van der Waals surface area contributed by atoms with Crippen LogP contribution in [-0.2, 0) is 0 Å². The summed E-state index contributed by atoms with van der Waals surface area (Å²) in [7, 11) is 0. The van der Waals surface area contributed by atoms with Crippen molar-refractivity contribution in [1.29, 1.82) is 0 Å². The first kappa shape index (κ1) is 23.1. The van der Waals surface area contributed by atoms with E-state index in [4.69, 9.17) is 4.42 Å². The standard InChI is InChI=1S/C40H25NO/c1-3-11-26(12-4-1)28-23-29(27-13-5-2-6-14-27)25-30(24-28)41-36-17-9-7-16-35(36)39-32-19-20-33-31-15-8-10-18-38(31)42-40(33)34(32)21-22-37(39)41/h1-25H. The summed E-state index contributed by atoms with van der Waals surface area (Å²) in [5, 5.41) is 7.14. The van der Waals surface area contributed by atoms with Gasteiger partial charge in [-0.05, 0) is 76.2 Å². The van der Waals surface area contributed by atoms with E-state index in [1.807, 2.05) is 6.07 Å². The normalized spacial score (nSPS) is 11.8. The van der Waals surface area contributed by atoms with Crippen molar-refractivity contribution < 1.29 is 4.42 Å². The predicted molar refractivity (Wildman–Crippen MR) is 176 cm³/mol. The molecule has 9 rings (SSSR count). The van der Waals surface area contributed by atoms with Gasteiger partial charge in [0.25, 0.3) is 0 Å². The molecule has 0 fully saturated rings. The van der Waals surface area contributed by atoms with Crippen LogP contribution in [0.1, 0.15) is 0 Å². The number of benzene rings is 7. The third-order valence-corrected chi connectivity index (χ3v) is 8.56. The van der Waals surface area contributed by atoms with Crippen molar-refractivity contribution in [2.75, 3.05) is 0 Å². The fraction of sp³-hybridized carbons (Fsp3) is 0. The maximum atomic E-state index is 6.44. The number of hydrogen-bond donors (Lipinski definition) is 0. The first-order valence-corrected chi connectivity index (χ1v) is 14.4. The van der Waals surface area contributed by atoms with Gasteiger partial charge in [0, 0.05) is 32.6 Å². The predicted octanol–water partition coefficient (Wildman–Crippen LogP) is 11.2. The number of furan rings is 1. The molecule has 0 bridgehead atoms. The molecule has 0 saturated carbocycles. The number of nitrogens with zero attached hydrogens (tertiary/aromatic N) is 1. The molecule has 0 aliphatic rings. The minimum Gasteiger partial charge on any atom is -0.455 e. The minimum absolute atomic E-state index is 0.925. The van der Waals surface area contributed by atoms with Gasteiger partial charge in [-0.1, -0.05) is 103 Å². The van der Waals surface area contributed by atoms with Gasteiger partial charge in [-0.25, -0.2) is 0 Å². The Kier molecular flexibility index (Phi) is 4.93. The summed E-state index contributed by atoms with van der Waals surface area (Å²) in [5.41, 5.74) is 10.2. The largest absolute Gasteiger partial charge is 0.455 e. The molecule has 0 N–H and O–H groups in total. The van der Waals surface area contributed by atoms with E-state index in [0.717, 1.165) is 33.0 Å². The molecule has 0 radical (unpaired) electrons. The monoisotopic (exact) mass is 535 g/mol. The van der Waals surface area contributed by atoms with E-state index in [9.17, 15) is 0 Å². The summed E-state index contributed by atoms with van der Waals surface area (Å²) in [4.78, 5) is 0. The van der Waals surface area contributed by atoms with Gasteiger partial charge in [0.05, 0.1) is 11.0 Å². The van der Waals surface area contributed by atoms with Crippen LogP contribution in [-0.4, -0.2) is 4.57 Å². The maximum Gasteiger partial charge on any atom is 0.143 e. The Hall–Kier alpha value is -5.60. The molecular weight excluding hydrogens is 510 g/mol. The van der Waals surface area contributed by atoms with Crippen molar-refractivity contribution in [2.24, 2.45) is 0 Å². The summed E-state index contributed by atoms with van der Waals surface area (Å²) in [6.45, 7) is 0. The first-order chi connectivity index (χ1) is 20.8. The molecule has 2 heteroatoms. The molecule has 42 heavy (non-hydrogen) atoms. The van der Waals surface area contributed by atoms with Gasteiger partial charge in [-0.2, -0.15) is 0 Å². The Balaban J connectivity index is 1.38. The average Bonchev–Trinajstić information content (AvgIpc) is 3.61. The van der Waals surface area contributed by atoms with E-state index < -0.39 is 0 Å². The molecule has 0 aliphatic heterocycles. The molecule has 0 saturated heterocycles. The first-order valence-electron chi connectivity index (χ1n) is 14.4. The van der Waals surface area contributed by atoms with Gasteiger partial charge in [-0.15, -0.1) is 0 Å². The molecule has 9 aromatic rings. The Morgan fingerprint density at radius 3 is 1.69 bits per heavy atom. The van der Waals surface area contributed by atoms with Crippen molar-refractivity contribution in [3.05, 3.63) is 152 Å². The summed E-state index contributed by atoms with van der Waals surface area (Å²) < 4.78 is 8.86. The SMILES string of the molecule is c1ccc(-c2cc(-c3ccccc3)cc(-n3c4ccccc4c4c5ccc6c7ccccc7oc6c5ccc43)c2)cc1. The van der Waals surface area contributed by atoms with Gasteiger partial charge in [0.1, 0.15) is 11.2 Å². The van der Waals surface area contributed by atoms with Crippen LogP contribution in [0.3, 0.4) is 0 Å². The molecule has 0 amide bonds. The summed E-state index contributed by atoms with van der Waals surface area (Å²) in [5.74, 6) is 0. The second-order valence-electron chi connectivity index (χ2n) is 10.9. The smallest absolute Gasteiger partial charge is 0.143 e. The lowest BCUT2D eigenvalue weighted by Crippen LogP contribution is -1.96. The molecule has 196 valence electrons. The zero-order chi connectivity index (χ0) is 27.6. The number of fused-ring (bicyclic) bond motifs is 9. The van der Waals surface area contributed by atoms with Crippen molar-refractivity contribution in [2.45, 2.75) is 0 Å². The molecule has 0 aliphatic carbocycles. The van der Waals surface area contributed by atoms with Crippen LogP contribution in [0.2, 0.25) is 0 Å². The van der Waals surface area contributed by atoms with E-state index in [1.54, 1.807) is 0 Å². The van der Waals surface area contributed by atoms with Crippen LogP contribution >= 0.6 is 0 Å². The zero-order valence-corrected chi connectivity index (χ0v) is 22.8. The molecule has 0 atom stereocenters. The van der Waals surface area contributed by atoms with E-state index in [2.05, 4.69) is 150 Å². The highest BCUT2D eigenvalue weighted by atomic mass is 16.3. The van der Waals surface area contributed by atoms with Gasteiger partial charge in [0.2, 0.25) is 0 Å². The average molecular weight is 536 g/mol. The van der Waals surface area contributed by atoms with Gasteiger partial charge in [0.15, 0.2) is 0 Å². The Morgan fingerprint density at radius 1 is 0.381 bits per heavy atom. The number of para-hydroxylation sites is 2. The molecule has 2 heterocycles. The van der Waals surface area contributed by atoms with E-state index in [1.165, 1.54) is 49.4 Å². The fourth-order valence-corrected chi connectivity index (χ4v) is 6.67. The highest BCUT2D eigenvalue weighted by Crippen LogP contribution is 2.42. The van der Waals surface area contributed by atoms with Crippen LogP contribution in [0.15, 0.2) is 156 Å². The van der Waals surface area contributed by atoms with Crippen molar-refractivity contribution in [3.63, 3.8) is 0 Å². The second-order valence-corrected chi connectivity index (χ2v) is 10.9. The number of aromatic nitrogens is 1.